The number of hydrogen-bond acceptors (Lipinski definition) is 4. The van der Waals surface area contributed by atoms with E-state index in [0.717, 1.165) is 67.9 Å². The van der Waals surface area contributed by atoms with E-state index < -0.39 is 0 Å². The Morgan fingerprint density at radius 2 is 2.08 bits per heavy atom. The quantitative estimate of drug-likeness (QED) is 0.911. The second-order valence-corrected chi connectivity index (χ2v) is 8.29. The van der Waals surface area contributed by atoms with Crippen molar-refractivity contribution in [3.63, 3.8) is 0 Å². The van der Waals surface area contributed by atoms with Gasteiger partial charge in [0.15, 0.2) is 5.69 Å². The molecule has 0 fully saturated rings. The fraction of sp³-hybridized carbons (Fsp3) is 0.632. The molecule has 0 saturated carbocycles. The molecular formula is C19H26N4O2. The Kier molecular flexibility index (Phi) is 3.93. The first-order chi connectivity index (χ1) is 11.9. The molecule has 1 N–H and O–H groups in total. The van der Waals surface area contributed by atoms with Crippen molar-refractivity contribution in [2.45, 2.75) is 77.3 Å². The molecule has 2 aromatic rings. The number of rotatable bonds is 2. The summed E-state index contributed by atoms with van der Waals surface area (Å²) >= 11 is 0. The van der Waals surface area contributed by atoms with Crippen molar-refractivity contribution >= 4 is 5.91 Å². The van der Waals surface area contributed by atoms with Crippen LogP contribution in [0.4, 0.5) is 0 Å². The summed E-state index contributed by atoms with van der Waals surface area (Å²) in [6.45, 7) is 7.29. The third kappa shape index (κ3) is 3.10. The average Bonchev–Trinajstić information content (AvgIpc) is 3.18. The first-order valence-corrected chi connectivity index (χ1v) is 9.26. The highest BCUT2D eigenvalue weighted by Gasteiger charge is 2.28. The fourth-order valence-corrected chi connectivity index (χ4v) is 3.74. The van der Waals surface area contributed by atoms with Crippen LogP contribution < -0.4 is 5.32 Å². The van der Waals surface area contributed by atoms with Crippen LogP contribution in [0.25, 0.3) is 0 Å². The van der Waals surface area contributed by atoms with Crippen molar-refractivity contribution in [1.82, 2.24) is 20.0 Å². The zero-order chi connectivity index (χ0) is 17.6. The summed E-state index contributed by atoms with van der Waals surface area (Å²) in [5, 5.41) is 7.19. The maximum absolute atomic E-state index is 12.7. The van der Waals surface area contributed by atoms with Crippen LogP contribution in [0.3, 0.4) is 0 Å². The summed E-state index contributed by atoms with van der Waals surface area (Å²) in [6.07, 6.45) is 7.94. The van der Waals surface area contributed by atoms with Crippen LogP contribution >= 0.6 is 0 Å². The van der Waals surface area contributed by atoms with Crippen LogP contribution in [-0.2, 0) is 31.2 Å². The largest absolute Gasteiger partial charge is 0.360 e. The Morgan fingerprint density at radius 3 is 2.88 bits per heavy atom. The third-order valence-corrected chi connectivity index (χ3v) is 5.26. The summed E-state index contributed by atoms with van der Waals surface area (Å²) in [5.41, 5.74) is 2.66. The number of carbonyl (C=O) groups is 1. The van der Waals surface area contributed by atoms with Crippen molar-refractivity contribution in [2.75, 3.05) is 0 Å². The van der Waals surface area contributed by atoms with Crippen LogP contribution in [0.1, 0.15) is 73.4 Å². The first kappa shape index (κ1) is 16.4. The van der Waals surface area contributed by atoms with E-state index in [1.54, 1.807) is 0 Å². The molecule has 6 heteroatoms. The molecule has 0 bridgehead atoms. The number of aryl methyl sites for hydroxylation is 2. The topological polar surface area (TPSA) is 73.0 Å². The minimum absolute atomic E-state index is 0.0445. The maximum atomic E-state index is 12.7. The van der Waals surface area contributed by atoms with E-state index in [2.05, 4.69) is 42.0 Å². The van der Waals surface area contributed by atoms with Crippen molar-refractivity contribution in [3.8, 4) is 0 Å². The van der Waals surface area contributed by atoms with Crippen LogP contribution in [0.15, 0.2) is 10.7 Å². The Balaban J connectivity index is 1.46. The van der Waals surface area contributed by atoms with E-state index >= 15 is 0 Å². The van der Waals surface area contributed by atoms with E-state index in [1.807, 2.05) is 0 Å². The Bertz CT molecular complexity index is 797. The Hall–Kier alpha value is -2.11. The number of hydrogen-bond donors (Lipinski definition) is 1. The lowest BCUT2D eigenvalue weighted by atomic mass is 9.93. The molecular weight excluding hydrogens is 316 g/mol. The van der Waals surface area contributed by atoms with Gasteiger partial charge in [-0.15, -0.1) is 0 Å². The molecule has 1 aliphatic carbocycles. The lowest BCUT2D eigenvalue weighted by Gasteiger charge is -2.24. The molecule has 1 atom stereocenters. The molecule has 2 aliphatic rings. The first-order valence-electron chi connectivity index (χ1n) is 9.26. The van der Waals surface area contributed by atoms with Crippen LogP contribution in [-0.4, -0.2) is 26.7 Å². The number of aromatic nitrogens is 3. The van der Waals surface area contributed by atoms with E-state index in [-0.39, 0.29) is 17.4 Å². The summed E-state index contributed by atoms with van der Waals surface area (Å²) in [5.74, 6) is 1.91. The van der Waals surface area contributed by atoms with E-state index in [9.17, 15) is 4.79 Å². The highest BCUT2D eigenvalue weighted by molar-refractivity contribution is 5.94. The van der Waals surface area contributed by atoms with E-state index in [1.165, 1.54) is 0 Å². The van der Waals surface area contributed by atoms with Gasteiger partial charge in [0.05, 0.1) is 5.69 Å². The van der Waals surface area contributed by atoms with E-state index in [0.29, 0.717) is 5.69 Å². The minimum Gasteiger partial charge on any atom is -0.360 e. The molecule has 0 spiro atoms. The number of nitrogens with one attached hydrogen (secondary N) is 1. The second kappa shape index (κ2) is 6.00. The number of imidazole rings is 1. The molecule has 25 heavy (non-hydrogen) atoms. The standard InChI is InChI=1S/C19H26N4O2/c1-19(2,3)15-11-23-10-12(8-9-16(23)21-15)20-18(24)17-13-6-4-5-7-14(13)25-22-17/h11-12H,4-10H2,1-3H3,(H,20,24). The molecule has 1 unspecified atom stereocenters. The van der Waals surface area contributed by atoms with Gasteiger partial charge in [0, 0.05) is 42.6 Å². The SMILES string of the molecule is CC(C)(C)c1cn2c(n1)CCC(NC(=O)c1noc3c1CCCC3)C2. The summed E-state index contributed by atoms with van der Waals surface area (Å²) in [6, 6.07) is 0.109. The van der Waals surface area contributed by atoms with Crippen LogP contribution in [0.5, 0.6) is 0 Å². The molecule has 6 nitrogen and oxygen atoms in total. The van der Waals surface area contributed by atoms with Gasteiger partial charge in [-0.25, -0.2) is 4.98 Å². The van der Waals surface area contributed by atoms with Crippen molar-refractivity contribution in [3.05, 3.63) is 34.7 Å². The molecule has 134 valence electrons. The Morgan fingerprint density at radius 1 is 1.28 bits per heavy atom. The lowest BCUT2D eigenvalue weighted by Crippen LogP contribution is -2.41. The highest BCUT2D eigenvalue weighted by atomic mass is 16.5. The van der Waals surface area contributed by atoms with Gasteiger partial charge < -0.3 is 14.4 Å². The number of fused-ring (bicyclic) bond motifs is 2. The molecule has 1 aliphatic heterocycles. The van der Waals surface area contributed by atoms with Crippen LogP contribution in [0, 0.1) is 0 Å². The van der Waals surface area contributed by atoms with Gasteiger partial charge >= 0.3 is 0 Å². The average molecular weight is 342 g/mol. The van der Waals surface area contributed by atoms with Gasteiger partial charge in [-0.05, 0) is 25.7 Å². The minimum atomic E-state index is -0.100. The normalized spacial score (nSPS) is 20.0. The van der Waals surface area contributed by atoms with Crippen molar-refractivity contribution in [2.24, 2.45) is 0 Å². The number of carbonyl (C=O) groups excluding carboxylic acids is 1. The predicted molar refractivity (Wildman–Crippen MR) is 93.6 cm³/mol. The van der Waals surface area contributed by atoms with Gasteiger partial charge in [0.25, 0.3) is 5.91 Å². The van der Waals surface area contributed by atoms with Gasteiger partial charge in [-0.1, -0.05) is 25.9 Å². The summed E-state index contributed by atoms with van der Waals surface area (Å²) in [4.78, 5) is 17.4. The molecule has 3 heterocycles. The number of amides is 1. The molecule has 2 aromatic heterocycles. The van der Waals surface area contributed by atoms with E-state index in [4.69, 9.17) is 9.51 Å². The smallest absolute Gasteiger partial charge is 0.274 e. The van der Waals surface area contributed by atoms with Gasteiger partial charge in [0.1, 0.15) is 11.6 Å². The zero-order valence-corrected chi connectivity index (χ0v) is 15.3. The van der Waals surface area contributed by atoms with Gasteiger partial charge in [-0.2, -0.15) is 0 Å². The Labute approximate surface area is 148 Å². The summed E-state index contributed by atoms with van der Waals surface area (Å²) in [7, 11) is 0. The van der Waals surface area contributed by atoms with Crippen LogP contribution in [0.2, 0.25) is 0 Å². The maximum Gasteiger partial charge on any atom is 0.274 e. The molecule has 0 saturated heterocycles. The monoisotopic (exact) mass is 342 g/mol. The third-order valence-electron chi connectivity index (χ3n) is 5.26. The fourth-order valence-electron chi connectivity index (χ4n) is 3.74. The summed E-state index contributed by atoms with van der Waals surface area (Å²) < 4.78 is 7.56. The van der Waals surface area contributed by atoms with Crippen molar-refractivity contribution < 1.29 is 9.32 Å². The number of nitrogens with zero attached hydrogens (tertiary/aromatic N) is 3. The second-order valence-electron chi connectivity index (χ2n) is 8.29. The highest BCUT2D eigenvalue weighted by Crippen LogP contribution is 2.26. The predicted octanol–water partition coefficient (Wildman–Crippen LogP) is 2.79. The van der Waals surface area contributed by atoms with Gasteiger partial charge in [0.2, 0.25) is 0 Å². The van der Waals surface area contributed by atoms with Crippen molar-refractivity contribution in [1.29, 1.82) is 0 Å². The lowest BCUT2D eigenvalue weighted by molar-refractivity contribution is 0.0917. The molecule has 1 amide bonds. The van der Waals surface area contributed by atoms with Gasteiger partial charge in [-0.3, -0.25) is 4.79 Å². The molecule has 0 aromatic carbocycles. The molecule has 0 radical (unpaired) electrons. The molecule has 4 rings (SSSR count). The zero-order valence-electron chi connectivity index (χ0n) is 15.3.